The summed E-state index contributed by atoms with van der Waals surface area (Å²) in [4.78, 5) is 38.7. The van der Waals surface area contributed by atoms with E-state index in [1.165, 1.54) is 13.3 Å². The Morgan fingerprint density at radius 2 is 1.70 bits per heavy atom. The van der Waals surface area contributed by atoms with Crippen molar-refractivity contribution in [2.24, 2.45) is 5.92 Å². The van der Waals surface area contributed by atoms with Crippen molar-refractivity contribution < 1.29 is 19.1 Å². The van der Waals surface area contributed by atoms with E-state index in [4.69, 9.17) is 4.74 Å². The first-order valence-electron chi connectivity index (χ1n) is 10.6. The number of piperazine rings is 1. The Kier molecular flexibility index (Phi) is 7.12. The Morgan fingerprint density at radius 3 is 2.23 bits per heavy atom. The number of ether oxygens (including phenoxy) is 2. The average molecular weight is 420 g/mol. The van der Waals surface area contributed by atoms with Gasteiger partial charge in [0.05, 0.1) is 19.5 Å². The molecule has 0 atom stereocenters. The fraction of sp³-hybridized carbons (Fsp3) is 0.714. The zero-order chi connectivity index (χ0) is 21.7. The van der Waals surface area contributed by atoms with Crippen molar-refractivity contribution in [2.45, 2.75) is 39.2 Å². The number of aromatic nitrogens is 2. The van der Waals surface area contributed by atoms with Crippen LogP contribution in [0.2, 0.25) is 0 Å². The van der Waals surface area contributed by atoms with E-state index in [2.05, 4.69) is 24.5 Å². The Bertz CT molecular complexity index is 718. The van der Waals surface area contributed by atoms with Crippen LogP contribution in [0.15, 0.2) is 12.4 Å². The topological polar surface area (TPSA) is 88.1 Å². The molecule has 2 saturated heterocycles. The third-order valence-corrected chi connectivity index (χ3v) is 5.51. The maximum absolute atomic E-state index is 12.2. The molecule has 0 bridgehead atoms. The molecule has 9 nitrogen and oxygen atoms in total. The fourth-order valence-corrected chi connectivity index (χ4v) is 3.84. The SMILES string of the molecule is COC(=O)c1cnc(N2CCN(CC3CCN(C(=O)OC(C)(C)C)CC3)CC2)cn1. The molecule has 0 spiro atoms. The molecule has 1 aromatic heterocycles. The lowest BCUT2D eigenvalue weighted by molar-refractivity contribution is 0.0168. The second-order valence-electron chi connectivity index (χ2n) is 8.95. The molecule has 1 aromatic rings. The van der Waals surface area contributed by atoms with E-state index in [1.54, 1.807) is 6.20 Å². The molecule has 0 aliphatic carbocycles. The van der Waals surface area contributed by atoms with Gasteiger partial charge in [0.2, 0.25) is 0 Å². The molecule has 0 N–H and O–H groups in total. The van der Waals surface area contributed by atoms with Gasteiger partial charge in [-0.15, -0.1) is 0 Å². The van der Waals surface area contributed by atoms with Crippen LogP contribution < -0.4 is 4.90 Å². The van der Waals surface area contributed by atoms with Gasteiger partial charge in [-0.1, -0.05) is 0 Å². The van der Waals surface area contributed by atoms with E-state index in [1.807, 2.05) is 25.7 Å². The Balaban J connectivity index is 1.40. The highest BCUT2D eigenvalue weighted by molar-refractivity contribution is 5.86. The van der Waals surface area contributed by atoms with Gasteiger partial charge >= 0.3 is 12.1 Å². The van der Waals surface area contributed by atoms with Gasteiger partial charge in [-0.2, -0.15) is 0 Å². The van der Waals surface area contributed by atoms with Crippen LogP contribution in [-0.4, -0.2) is 90.4 Å². The number of esters is 1. The minimum atomic E-state index is -0.475. The molecule has 2 aliphatic heterocycles. The van der Waals surface area contributed by atoms with Crippen LogP contribution in [0.1, 0.15) is 44.1 Å². The lowest BCUT2D eigenvalue weighted by Gasteiger charge is -2.39. The first kappa shape index (κ1) is 22.3. The normalized spacial score (nSPS) is 18.9. The number of carbonyl (C=O) groups is 2. The summed E-state index contributed by atoms with van der Waals surface area (Å²) in [6, 6.07) is 0. The molecule has 0 unspecified atom stereocenters. The average Bonchev–Trinajstić information content (AvgIpc) is 2.73. The van der Waals surface area contributed by atoms with E-state index >= 15 is 0 Å². The monoisotopic (exact) mass is 419 g/mol. The molecule has 3 rings (SSSR count). The van der Waals surface area contributed by atoms with Gasteiger partial charge in [0, 0.05) is 45.8 Å². The van der Waals surface area contributed by atoms with Crippen molar-refractivity contribution in [3.8, 4) is 0 Å². The second-order valence-corrected chi connectivity index (χ2v) is 8.95. The number of methoxy groups -OCH3 is 1. The van der Waals surface area contributed by atoms with Crippen molar-refractivity contribution >= 4 is 17.9 Å². The highest BCUT2D eigenvalue weighted by Gasteiger charge is 2.28. The predicted molar refractivity (Wildman–Crippen MR) is 113 cm³/mol. The largest absolute Gasteiger partial charge is 0.464 e. The zero-order valence-corrected chi connectivity index (χ0v) is 18.5. The number of hydrogen-bond acceptors (Lipinski definition) is 8. The molecule has 1 amide bonds. The number of hydrogen-bond donors (Lipinski definition) is 0. The minimum Gasteiger partial charge on any atom is -0.464 e. The summed E-state index contributed by atoms with van der Waals surface area (Å²) in [6.07, 6.45) is 4.93. The molecule has 0 saturated carbocycles. The molecule has 9 heteroatoms. The molecular formula is C21H33N5O4. The van der Waals surface area contributed by atoms with Gasteiger partial charge in [-0.25, -0.2) is 19.6 Å². The van der Waals surface area contributed by atoms with Gasteiger partial charge in [-0.3, -0.25) is 4.90 Å². The molecule has 0 radical (unpaired) electrons. The zero-order valence-electron chi connectivity index (χ0n) is 18.5. The number of anilines is 1. The molecule has 2 fully saturated rings. The number of likely N-dealkylation sites (tertiary alicyclic amines) is 1. The number of carbonyl (C=O) groups excluding carboxylic acids is 2. The van der Waals surface area contributed by atoms with E-state index in [-0.39, 0.29) is 11.8 Å². The van der Waals surface area contributed by atoms with Crippen molar-refractivity contribution in [3.05, 3.63) is 18.1 Å². The van der Waals surface area contributed by atoms with Crippen LogP contribution in [0.4, 0.5) is 10.6 Å². The standard InChI is InChI=1S/C21H33N5O4/c1-21(2,3)30-20(28)26-7-5-16(6-8-26)15-24-9-11-25(12-10-24)18-14-22-17(13-23-18)19(27)29-4/h13-14,16H,5-12,15H2,1-4H3. The lowest BCUT2D eigenvalue weighted by atomic mass is 9.96. The summed E-state index contributed by atoms with van der Waals surface area (Å²) < 4.78 is 10.1. The van der Waals surface area contributed by atoms with Crippen LogP contribution in [0.25, 0.3) is 0 Å². The van der Waals surface area contributed by atoms with E-state index < -0.39 is 11.6 Å². The number of nitrogens with zero attached hydrogens (tertiary/aromatic N) is 5. The first-order chi connectivity index (χ1) is 14.2. The highest BCUT2D eigenvalue weighted by atomic mass is 16.6. The maximum atomic E-state index is 12.2. The van der Waals surface area contributed by atoms with Gasteiger partial charge < -0.3 is 19.3 Å². The Morgan fingerprint density at radius 1 is 1.03 bits per heavy atom. The number of rotatable bonds is 4. The molecule has 0 aromatic carbocycles. The van der Waals surface area contributed by atoms with Crippen LogP contribution in [0.3, 0.4) is 0 Å². The second kappa shape index (κ2) is 9.59. The van der Waals surface area contributed by atoms with Crippen molar-refractivity contribution in [3.63, 3.8) is 0 Å². The Labute approximate surface area is 178 Å². The van der Waals surface area contributed by atoms with Crippen LogP contribution in [0, 0.1) is 5.92 Å². The summed E-state index contributed by atoms with van der Waals surface area (Å²) in [6.45, 7) is 12.0. The van der Waals surface area contributed by atoms with Crippen LogP contribution >= 0.6 is 0 Å². The van der Waals surface area contributed by atoms with E-state index in [0.29, 0.717) is 5.92 Å². The predicted octanol–water partition coefficient (Wildman–Crippen LogP) is 2.03. The molecule has 166 valence electrons. The molecule has 30 heavy (non-hydrogen) atoms. The highest BCUT2D eigenvalue weighted by Crippen LogP contribution is 2.22. The van der Waals surface area contributed by atoms with Gasteiger partial charge in [-0.05, 0) is 39.5 Å². The van der Waals surface area contributed by atoms with Crippen LogP contribution in [-0.2, 0) is 9.47 Å². The number of piperidine rings is 1. The molecular weight excluding hydrogens is 386 g/mol. The number of amides is 1. The summed E-state index contributed by atoms with van der Waals surface area (Å²) in [5.41, 5.74) is -0.227. The van der Waals surface area contributed by atoms with Crippen molar-refractivity contribution in [1.82, 2.24) is 19.8 Å². The van der Waals surface area contributed by atoms with Gasteiger partial charge in [0.1, 0.15) is 11.4 Å². The maximum Gasteiger partial charge on any atom is 0.410 e. The third kappa shape index (κ3) is 6.04. The summed E-state index contributed by atoms with van der Waals surface area (Å²) in [7, 11) is 1.33. The minimum absolute atomic E-state index is 0.200. The quantitative estimate of drug-likeness (QED) is 0.685. The summed E-state index contributed by atoms with van der Waals surface area (Å²) in [5, 5.41) is 0. The molecule has 3 heterocycles. The van der Waals surface area contributed by atoms with E-state index in [0.717, 1.165) is 64.5 Å². The smallest absolute Gasteiger partial charge is 0.410 e. The Hall–Kier alpha value is -2.42. The van der Waals surface area contributed by atoms with E-state index in [9.17, 15) is 9.59 Å². The first-order valence-corrected chi connectivity index (χ1v) is 10.6. The summed E-state index contributed by atoms with van der Waals surface area (Å²) in [5.74, 6) is 0.916. The van der Waals surface area contributed by atoms with Crippen molar-refractivity contribution in [1.29, 1.82) is 0 Å². The van der Waals surface area contributed by atoms with Gasteiger partial charge in [0.15, 0.2) is 5.69 Å². The lowest BCUT2D eigenvalue weighted by Crippen LogP contribution is -2.49. The van der Waals surface area contributed by atoms with Gasteiger partial charge in [0.25, 0.3) is 0 Å². The third-order valence-electron chi connectivity index (χ3n) is 5.51. The van der Waals surface area contributed by atoms with Crippen LogP contribution in [0.5, 0.6) is 0 Å². The fourth-order valence-electron chi connectivity index (χ4n) is 3.84. The summed E-state index contributed by atoms with van der Waals surface area (Å²) >= 11 is 0. The van der Waals surface area contributed by atoms with Crippen molar-refractivity contribution in [2.75, 3.05) is 57.8 Å². The molecule has 2 aliphatic rings.